The fourth-order valence-corrected chi connectivity index (χ4v) is 1.64. The smallest absolute Gasteiger partial charge is 0.159 e. The van der Waals surface area contributed by atoms with Crippen molar-refractivity contribution >= 4 is 11.5 Å². The lowest BCUT2D eigenvalue weighted by atomic mass is 10.1. The van der Waals surface area contributed by atoms with Gasteiger partial charge in [-0.2, -0.15) is 0 Å². The van der Waals surface area contributed by atoms with Crippen molar-refractivity contribution < 1.29 is 9.18 Å². The van der Waals surface area contributed by atoms with Crippen LogP contribution in [0.4, 0.5) is 10.1 Å². The molecule has 3 nitrogen and oxygen atoms in total. The summed E-state index contributed by atoms with van der Waals surface area (Å²) in [4.78, 5) is 11.1. The first-order chi connectivity index (χ1) is 9.15. The molecule has 2 rings (SSSR count). The molecule has 19 heavy (non-hydrogen) atoms. The van der Waals surface area contributed by atoms with Crippen LogP contribution in [0, 0.1) is 5.82 Å². The number of hydrogen-bond acceptors (Lipinski definition) is 3. The molecule has 0 spiro atoms. The van der Waals surface area contributed by atoms with Gasteiger partial charge in [0.05, 0.1) is 0 Å². The number of carbonyl (C=O) groups is 1. The van der Waals surface area contributed by atoms with Crippen molar-refractivity contribution in [3.05, 3.63) is 65.5 Å². The molecule has 0 unspecified atom stereocenters. The molecule has 0 fully saturated rings. The molecule has 2 N–H and O–H groups in total. The van der Waals surface area contributed by atoms with Gasteiger partial charge in [0.1, 0.15) is 5.82 Å². The van der Waals surface area contributed by atoms with Crippen molar-refractivity contribution in [2.45, 2.75) is 13.5 Å². The van der Waals surface area contributed by atoms with E-state index in [9.17, 15) is 9.18 Å². The Labute approximate surface area is 111 Å². The van der Waals surface area contributed by atoms with E-state index >= 15 is 0 Å². The van der Waals surface area contributed by atoms with Crippen LogP contribution in [0.1, 0.15) is 22.8 Å². The van der Waals surface area contributed by atoms with Gasteiger partial charge in [0.2, 0.25) is 0 Å². The van der Waals surface area contributed by atoms with Crippen LogP contribution in [-0.4, -0.2) is 5.78 Å². The zero-order valence-electron chi connectivity index (χ0n) is 10.6. The number of hydrazine groups is 1. The third kappa shape index (κ3) is 3.89. The van der Waals surface area contributed by atoms with Crippen LogP contribution in [0.15, 0.2) is 48.5 Å². The maximum Gasteiger partial charge on any atom is 0.159 e. The highest BCUT2D eigenvalue weighted by molar-refractivity contribution is 5.94. The Morgan fingerprint density at radius 1 is 1.05 bits per heavy atom. The first-order valence-corrected chi connectivity index (χ1v) is 5.99. The Morgan fingerprint density at radius 2 is 1.68 bits per heavy atom. The molecule has 4 heteroatoms. The molecule has 0 amide bonds. The van der Waals surface area contributed by atoms with Gasteiger partial charge in [-0.05, 0) is 48.9 Å². The summed E-state index contributed by atoms with van der Waals surface area (Å²) < 4.78 is 12.7. The fraction of sp³-hybridized carbons (Fsp3) is 0.133. The van der Waals surface area contributed by atoms with Gasteiger partial charge in [0.15, 0.2) is 5.78 Å². The summed E-state index contributed by atoms with van der Waals surface area (Å²) in [7, 11) is 0. The molecule has 0 aromatic heterocycles. The van der Waals surface area contributed by atoms with E-state index in [1.165, 1.54) is 19.1 Å². The number of rotatable bonds is 5. The number of halogens is 1. The second-order valence-electron chi connectivity index (χ2n) is 4.24. The van der Waals surface area contributed by atoms with Crippen molar-refractivity contribution in [3.63, 3.8) is 0 Å². The van der Waals surface area contributed by atoms with Crippen molar-refractivity contribution in [1.82, 2.24) is 5.43 Å². The molecule has 0 heterocycles. The molecule has 0 aliphatic heterocycles. The average molecular weight is 258 g/mol. The Kier molecular flexibility index (Phi) is 4.26. The van der Waals surface area contributed by atoms with E-state index in [1.807, 2.05) is 12.1 Å². The van der Waals surface area contributed by atoms with Gasteiger partial charge < -0.3 is 5.43 Å². The standard InChI is InChI=1S/C15H15FN2O/c1-11(19)13-4-8-15(9-5-13)18-17-10-12-2-6-14(16)7-3-12/h2-9,17-18H,10H2,1H3. The lowest BCUT2D eigenvalue weighted by Crippen LogP contribution is -2.20. The maximum atomic E-state index is 12.7. The Balaban J connectivity index is 1.85. The second-order valence-corrected chi connectivity index (χ2v) is 4.24. The summed E-state index contributed by atoms with van der Waals surface area (Å²) >= 11 is 0. The van der Waals surface area contributed by atoms with Crippen LogP contribution in [0.25, 0.3) is 0 Å². The highest BCUT2D eigenvalue weighted by atomic mass is 19.1. The normalized spacial score (nSPS) is 10.2. The molecule has 98 valence electrons. The van der Waals surface area contributed by atoms with E-state index in [-0.39, 0.29) is 11.6 Å². The lowest BCUT2D eigenvalue weighted by molar-refractivity contribution is 0.101. The van der Waals surface area contributed by atoms with E-state index in [0.29, 0.717) is 12.1 Å². The van der Waals surface area contributed by atoms with Gasteiger partial charge in [-0.15, -0.1) is 0 Å². The topological polar surface area (TPSA) is 41.1 Å². The van der Waals surface area contributed by atoms with Crippen LogP contribution >= 0.6 is 0 Å². The highest BCUT2D eigenvalue weighted by Crippen LogP contribution is 2.09. The number of ketones is 1. The van der Waals surface area contributed by atoms with Gasteiger partial charge in [0.25, 0.3) is 0 Å². The van der Waals surface area contributed by atoms with E-state index in [2.05, 4.69) is 10.9 Å². The Hall–Kier alpha value is -2.20. The van der Waals surface area contributed by atoms with Crippen molar-refractivity contribution in [3.8, 4) is 0 Å². The number of Topliss-reactive ketones (excluding diaryl/α,β-unsaturated/α-hetero) is 1. The summed E-state index contributed by atoms with van der Waals surface area (Å²) in [5, 5.41) is 0. The van der Waals surface area contributed by atoms with E-state index in [4.69, 9.17) is 0 Å². The number of hydrogen-bond donors (Lipinski definition) is 2. The molecular weight excluding hydrogens is 243 g/mol. The van der Waals surface area contributed by atoms with E-state index in [0.717, 1.165) is 11.3 Å². The summed E-state index contributed by atoms with van der Waals surface area (Å²) in [6.07, 6.45) is 0. The molecule has 2 aromatic carbocycles. The average Bonchev–Trinajstić information content (AvgIpc) is 2.41. The van der Waals surface area contributed by atoms with E-state index < -0.39 is 0 Å². The van der Waals surface area contributed by atoms with Crippen LogP contribution in [0.2, 0.25) is 0 Å². The molecule has 0 saturated heterocycles. The summed E-state index contributed by atoms with van der Waals surface area (Å²) in [6, 6.07) is 13.5. The molecule has 2 aromatic rings. The summed E-state index contributed by atoms with van der Waals surface area (Å²) in [6.45, 7) is 2.12. The molecule has 0 radical (unpaired) electrons. The minimum atomic E-state index is -0.239. The quantitative estimate of drug-likeness (QED) is 0.639. The zero-order chi connectivity index (χ0) is 13.7. The van der Waals surface area contributed by atoms with Crippen LogP contribution in [0.3, 0.4) is 0 Å². The van der Waals surface area contributed by atoms with Crippen LogP contribution < -0.4 is 10.9 Å². The molecule has 0 aliphatic rings. The first-order valence-electron chi connectivity index (χ1n) is 5.99. The molecular formula is C15H15FN2O. The molecule has 0 atom stereocenters. The predicted molar refractivity (Wildman–Crippen MR) is 73.3 cm³/mol. The maximum absolute atomic E-state index is 12.7. The predicted octanol–water partition coefficient (Wildman–Crippen LogP) is 3.15. The van der Waals surface area contributed by atoms with Crippen molar-refractivity contribution in [2.24, 2.45) is 0 Å². The van der Waals surface area contributed by atoms with Gasteiger partial charge >= 0.3 is 0 Å². The number of benzene rings is 2. The number of anilines is 1. The molecule has 0 aliphatic carbocycles. The van der Waals surface area contributed by atoms with E-state index in [1.54, 1.807) is 24.3 Å². The summed E-state index contributed by atoms with van der Waals surface area (Å²) in [5.74, 6) is -0.192. The number of carbonyl (C=O) groups excluding carboxylic acids is 1. The van der Waals surface area contributed by atoms with Gasteiger partial charge in [0, 0.05) is 17.8 Å². The SMILES string of the molecule is CC(=O)c1ccc(NNCc2ccc(F)cc2)cc1. The minimum Gasteiger partial charge on any atom is -0.321 e. The van der Waals surface area contributed by atoms with Gasteiger partial charge in [-0.1, -0.05) is 12.1 Å². The highest BCUT2D eigenvalue weighted by Gasteiger charge is 1.98. The molecule has 0 saturated carbocycles. The van der Waals surface area contributed by atoms with Gasteiger partial charge in [-0.25, -0.2) is 9.82 Å². The lowest BCUT2D eigenvalue weighted by Gasteiger charge is -2.08. The third-order valence-corrected chi connectivity index (χ3v) is 2.73. The Morgan fingerprint density at radius 3 is 2.26 bits per heavy atom. The Bertz CT molecular complexity index is 549. The second kappa shape index (κ2) is 6.11. The zero-order valence-corrected chi connectivity index (χ0v) is 10.6. The largest absolute Gasteiger partial charge is 0.321 e. The van der Waals surface area contributed by atoms with Crippen LogP contribution in [-0.2, 0) is 6.54 Å². The minimum absolute atomic E-state index is 0.0471. The fourth-order valence-electron chi connectivity index (χ4n) is 1.64. The summed E-state index contributed by atoms with van der Waals surface area (Å²) in [5.41, 5.74) is 8.58. The third-order valence-electron chi connectivity index (χ3n) is 2.73. The van der Waals surface area contributed by atoms with Crippen LogP contribution in [0.5, 0.6) is 0 Å². The van der Waals surface area contributed by atoms with Crippen molar-refractivity contribution in [2.75, 3.05) is 5.43 Å². The monoisotopic (exact) mass is 258 g/mol. The van der Waals surface area contributed by atoms with Gasteiger partial charge in [-0.3, -0.25) is 4.79 Å². The van der Waals surface area contributed by atoms with Crippen molar-refractivity contribution in [1.29, 1.82) is 0 Å². The number of nitrogens with one attached hydrogen (secondary N) is 2. The molecule has 0 bridgehead atoms. The first kappa shape index (κ1) is 13.2.